The number of fused-ring (bicyclic) bond motifs is 1. The zero-order valence-corrected chi connectivity index (χ0v) is 12.6. The number of para-hydroxylation sites is 1. The Balaban J connectivity index is 1.63. The molecule has 0 bridgehead atoms. The van der Waals surface area contributed by atoms with Crippen molar-refractivity contribution in [2.75, 3.05) is 5.73 Å². The lowest BCUT2D eigenvalue weighted by molar-refractivity contribution is -0.149. The summed E-state index contributed by atoms with van der Waals surface area (Å²) < 4.78 is 7.60. The second-order valence-electron chi connectivity index (χ2n) is 6.44. The summed E-state index contributed by atoms with van der Waals surface area (Å²) in [6.07, 6.45) is 6.71. The highest BCUT2D eigenvalue weighted by Gasteiger charge is 2.31. The summed E-state index contributed by atoms with van der Waals surface area (Å²) in [6, 6.07) is 5.75. The second-order valence-corrected chi connectivity index (χ2v) is 6.44. The monoisotopic (exact) mass is 299 g/mol. The Morgan fingerprint density at radius 1 is 1.27 bits per heavy atom. The van der Waals surface area contributed by atoms with Gasteiger partial charge < -0.3 is 15.0 Å². The lowest BCUT2D eigenvalue weighted by Gasteiger charge is -2.13. The molecule has 5 heteroatoms. The minimum Gasteiger partial charge on any atom is -0.461 e. The first-order chi connectivity index (χ1) is 10.7. The first-order valence-electron chi connectivity index (χ1n) is 8.16. The Hall–Kier alpha value is -2.04. The summed E-state index contributed by atoms with van der Waals surface area (Å²) in [5.74, 6) is 1.29. The van der Waals surface area contributed by atoms with Gasteiger partial charge in [0, 0.05) is 5.92 Å². The van der Waals surface area contributed by atoms with Gasteiger partial charge >= 0.3 is 5.97 Å². The number of hydrogen-bond donors (Lipinski definition) is 1. The smallest absolute Gasteiger partial charge is 0.326 e. The van der Waals surface area contributed by atoms with Crippen molar-refractivity contribution in [3.05, 3.63) is 24.0 Å². The lowest BCUT2D eigenvalue weighted by atomic mass is 10.2. The summed E-state index contributed by atoms with van der Waals surface area (Å²) in [4.78, 5) is 17.0. The maximum atomic E-state index is 12.3. The van der Waals surface area contributed by atoms with Crippen molar-refractivity contribution in [3.8, 4) is 0 Å². The van der Waals surface area contributed by atoms with E-state index in [0.717, 1.165) is 55.4 Å². The molecule has 2 N–H and O–H groups in total. The number of carbonyl (C=O) groups is 1. The highest BCUT2D eigenvalue weighted by molar-refractivity contribution is 5.88. The van der Waals surface area contributed by atoms with Crippen LogP contribution in [0, 0.1) is 0 Å². The zero-order valence-electron chi connectivity index (χ0n) is 12.6. The van der Waals surface area contributed by atoms with Crippen LogP contribution in [0.2, 0.25) is 0 Å². The Morgan fingerprint density at radius 3 is 2.77 bits per heavy atom. The van der Waals surface area contributed by atoms with Gasteiger partial charge in [-0.25, -0.2) is 4.98 Å². The predicted molar refractivity (Wildman–Crippen MR) is 84.5 cm³/mol. The minimum atomic E-state index is -0.157. The summed E-state index contributed by atoms with van der Waals surface area (Å²) in [5, 5.41) is 0. The Labute approximate surface area is 129 Å². The standard InChI is InChI=1S/C17H21N3O2/c18-13-6-3-7-14-16(13)19-17(11-8-9-11)20(14)10-15(21)22-12-4-1-2-5-12/h3,6-7,11-12H,1-2,4-5,8-10,18H2. The molecular weight excluding hydrogens is 278 g/mol. The molecule has 2 saturated carbocycles. The van der Waals surface area contributed by atoms with Gasteiger partial charge in [0.1, 0.15) is 24.0 Å². The third-order valence-electron chi connectivity index (χ3n) is 4.67. The molecule has 2 aromatic rings. The van der Waals surface area contributed by atoms with Crippen LogP contribution in [0.15, 0.2) is 18.2 Å². The number of carbonyl (C=O) groups excluding carboxylic acids is 1. The first kappa shape index (κ1) is 13.6. The third-order valence-corrected chi connectivity index (χ3v) is 4.67. The van der Waals surface area contributed by atoms with Crippen LogP contribution in [0.3, 0.4) is 0 Å². The van der Waals surface area contributed by atoms with Gasteiger partial charge in [0.2, 0.25) is 0 Å². The van der Waals surface area contributed by atoms with E-state index < -0.39 is 0 Å². The van der Waals surface area contributed by atoms with Gasteiger partial charge in [-0.3, -0.25) is 4.79 Å². The molecule has 0 aliphatic heterocycles. The van der Waals surface area contributed by atoms with Crippen LogP contribution >= 0.6 is 0 Å². The van der Waals surface area contributed by atoms with Gasteiger partial charge in [-0.05, 0) is 50.7 Å². The fourth-order valence-electron chi connectivity index (χ4n) is 3.36. The van der Waals surface area contributed by atoms with Crippen molar-refractivity contribution in [1.82, 2.24) is 9.55 Å². The molecule has 1 heterocycles. The molecule has 4 rings (SSSR count). The fourth-order valence-corrected chi connectivity index (χ4v) is 3.36. The van der Waals surface area contributed by atoms with Crippen LogP contribution < -0.4 is 5.73 Å². The summed E-state index contributed by atoms with van der Waals surface area (Å²) in [5.41, 5.74) is 8.44. The van der Waals surface area contributed by atoms with E-state index in [4.69, 9.17) is 10.5 Å². The van der Waals surface area contributed by atoms with E-state index in [2.05, 4.69) is 4.98 Å². The molecule has 5 nitrogen and oxygen atoms in total. The highest BCUT2D eigenvalue weighted by Crippen LogP contribution is 2.41. The molecule has 2 aliphatic carbocycles. The van der Waals surface area contributed by atoms with Gasteiger partial charge in [0.15, 0.2) is 0 Å². The topological polar surface area (TPSA) is 70.1 Å². The molecule has 1 aromatic heterocycles. The molecular formula is C17H21N3O2. The van der Waals surface area contributed by atoms with Crippen LogP contribution in [-0.4, -0.2) is 21.6 Å². The highest BCUT2D eigenvalue weighted by atomic mass is 16.5. The average molecular weight is 299 g/mol. The number of nitrogen functional groups attached to an aromatic ring is 1. The van der Waals surface area contributed by atoms with E-state index in [0.29, 0.717) is 11.6 Å². The molecule has 0 saturated heterocycles. The lowest BCUT2D eigenvalue weighted by Crippen LogP contribution is -2.20. The van der Waals surface area contributed by atoms with Crippen LogP contribution in [0.5, 0.6) is 0 Å². The number of imidazole rings is 1. The average Bonchev–Trinajstić information content (AvgIpc) is 3.09. The normalized spacial score (nSPS) is 18.9. The number of rotatable bonds is 4. The molecule has 116 valence electrons. The van der Waals surface area contributed by atoms with E-state index in [1.165, 1.54) is 0 Å². The molecule has 0 unspecified atom stereocenters. The van der Waals surface area contributed by atoms with Crippen LogP contribution in [0.25, 0.3) is 11.0 Å². The molecule has 2 fully saturated rings. The van der Waals surface area contributed by atoms with Gasteiger partial charge in [-0.2, -0.15) is 0 Å². The number of esters is 1. The van der Waals surface area contributed by atoms with Crippen molar-refractivity contribution >= 4 is 22.7 Å². The summed E-state index contributed by atoms with van der Waals surface area (Å²) >= 11 is 0. The molecule has 0 atom stereocenters. The molecule has 0 spiro atoms. The number of nitrogens with zero attached hydrogens (tertiary/aromatic N) is 2. The van der Waals surface area contributed by atoms with E-state index in [1.807, 2.05) is 22.8 Å². The molecule has 0 amide bonds. The minimum absolute atomic E-state index is 0.108. The first-order valence-corrected chi connectivity index (χ1v) is 8.16. The third kappa shape index (κ3) is 2.45. The number of hydrogen-bond acceptors (Lipinski definition) is 4. The van der Waals surface area contributed by atoms with E-state index in [1.54, 1.807) is 0 Å². The number of anilines is 1. The van der Waals surface area contributed by atoms with Gasteiger partial charge in [-0.15, -0.1) is 0 Å². The maximum absolute atomic E-state index is 12.3. The predicted octanol–water partition coefficient (Wildman–Crippen LogP) is 2.98. The Bertz CT molecular complexity index is 712. The van der Waals surface area contributed by atoms with E-state index in [9.17, 15) is 4.79 Å². The Kier molecular flexibility index (Phi) is 3.28. The largest absolute Gasteiger partial charge is 0.461 e. The van der Waals surface area contributed by atoms with Gasteiger partial charge in [0.25, 0.3) is 0 Å². The second kappa shape index (κ2) is 5.30. The summed E-state index contributed by atoms with van der Waals surface area (Å²) in [6.45, 7) is 0.238. The van der Waals surface area contributed by atoms with Crippen molar-refractivity contribution < 1.29 is 9.53 Å². The number of ether oxygens (including phenoxy) is 1. The van der Waals surface area contributed by atoms with E-state index >= 15 is 0 Å². The molecule has 22 heavy (non-hydrogen) atoms. The zero-order chi connectivity index (χ0) is 15.1. The maximum Gasteiger partial charge on any atom is 0.326 e. The van der Waals surface area contributed by atoms with Crippen LogP contribution in [0.1, 0.15) is 50.3 Å². The van der Waals surface area contributed by atoms with E-state index in [-0.39, 0.29) is 18.6 Å². The van der Waals surface area contributed by atoms with Crippen molar-refractivity contribution in [3.63, 3.8) is 0 Å². The number of nitrogens with two attached hydrogens (primary N) is 1. The summed E-state index contributed by atoms with van der Waals surface area (Å²) in [7, 11) is 0. The Morgan fingerprint density at radius 2 is 2.05 bits per heavy atom. The number of aromatic nitrogens is 2. The van der Waals surface area contributed by atoms with Crippen molar-refractivity contribution in [2.24, 2.45) is 0 Å². The SMILES string of the molecule is Nc1cccc2c1nc(C1CC1)n2CC(=O)OC1CCCC1. The van der Waals surface area contributed by atoms with Gasteiger partial charge in [0.05, 0.1) is 11.2 Å². The number of benzene rings is 1. The van der Waals surface area contributed by atoms with Crippen LogP contribution in [-0.2, 0) is 16.1 Å². The van der Waals surface area contributed by atoms with Crippen molar-refractivity contribution in [2.45, 2.75) is 57.1 Å². The fraction of sp³-hybridized carbons (Fsp3) is 0.529. The van der Waals surface area contributed by atoms with Gasteiger partial charge in [-0.1, -0.05) is 6.07 Å². The van der Waals surface area contributed by atoms with Crippen molar-refractivity contribution in [1.29, 1.82) is 0 Å². The molecule has 0 radical (unpaired) electrons. The molecule has 1 aromatic carbocycles. The van der Waals surface area contributed by atoms with Crippen LogP contribution in [0.4, 0.5) is 5.69 Å². The quantitative estimate of drug-likeness (QED) is 0.696. The molecule has 2 aliphatic rings.